The van der Waals surface area contributed by atoms with Crippen molar-refractivity contribution in [3.63, 3.8) is 0 Å². The number of ether oxygens (including phenoxy) is 5. The molecule has 0 unspecified atom stereocenters. The molecule has 0 saturated carbocycles. The second kappa shape index (κ2) is 10.9. The van der Waals surface area contributed by atoms with E-state index in [0.717, 1.165) is 11.6 Å². The summed E-state index contributed by atoms with van der Waals surface area (Å²) in [6, 6.07) is 12.5. The molecule has 2 N–H and O–H groups in total. The van der Waals surface area contributed by atoms with E-state index in [-0.39, 0.29) is 22.1 Å². The van der Waals surface area contributed by atoms with Crippen LogP contribution in [0.1, 0.15) is 11.1 Å². The van der Waals surface area contributed by atoms with Gasteiger partial charge < -0.3 is 28.8 Å². The highest BCUT2D eigenvalue weighted by atomic mass is 32.2. The van der Waals surface area contributed by atoms with Gasteiger partial charge in [-0.1, -0.05) is 18.2 Å². The third kappa shape index (κ3) is 5.72. The molecule has 0 heterocycles. The molecule has 3 aromatic carbocycles. The fourth-order valence-electron chi connectivity index (χ4n) is 3.34. The normalized spacial score (nSPS) is 11.2. The van der Waals surface area contributed by atoms with Crippen molar-refractivity contribution in [2.45, 2.75) is 4.90 Å². The molecule has 0 radical (unpaired) electrons. The van der Waals surface area contributed by atoms with Crippen LogP contribution in [0.15, 0.2) is 53.4 Å². The molecule has 0 fully saturated rings. The van der Waals surface area contributed by atoms with Gasteiger partial charge in [-0.2, -0.15) is 0 Å². The lowest BCUT2D eigenvalue weighted by atomic mass is 10.1. The van der Waals surface area contributed by atoms with Crippen LogP contribution in [0.2, 0.25) is 0 Å². The summed E-state index contributed by atoms with van der Waals surface area (Å²) in [5.41, 5.74) is 1.72. The molecule has 0 amide bonds. The van der Waals surface area contributed by atoms with Crippen molar-refractivity contribution in [1.82, 2.24) is 0 Å². The maximum absolute atomic E-state index is 12.9. The van der Waals surface area contributed by atoms with Gasteiger partial charge in [0, 0.05) is 6.07 Å². The molecule has 0 saturated heterocycles. The average Bonchev–Trinajstić information content (AvgIpc) is 2.86. The largest absolute Gasteiger partial charge is 0.504 e. The summed E-state index contributed by atoms with van der Waals surface area (Å²) in [6.07, 6.45) is 3.63. The molecule has 0 aliphatic heterocycles. The first kappa shape index (κ1) is 25.6. The topological polar surface area (TPSA) is 113 Å². The number of hydrogen-bond donors (Lipinski definition) is 2. The van der Waals surface area contributed by atoms with Gasteiger partial charge in [-0.3, -0.25) is 4.72 Å². The van der Waals surface area contributed by atoms with Crippen LogP contribution in [-0.4, -0.2) is 49.1 Å². The van der Waals surface area contributed by atoms with Gasteiger partial charge in [0.2, 0.25) is 5.75 Å². The Bertz CT molecular complexity index is 1310. The summed E-state index contributed by atoms with van der Waals surface area (Å²) in [6.45, 7) is 0. The van der Waals surface area contributed by atoms with Crippen LogP contribution in [0.5, 0.6) is 34.5 Å². The second-order valence-electron chi connectivity index (χ2n) is 7.19. The highest BCUT2D eigenvalue weighted by Gasteiger charge is 2.19. The van der Waals surface area contributed by atoms with E-state index in [2.05, 4.69) is 4.72 Å². The van der Waals surface area contributed by atoms with Gasteiger partial charge >= 0.3 is 0 Å². The first-order valence-corrected chi connectivity index (χ1v) is 11.8. The summed E-state index contributed by atoms with van der Waals surface area (Å²) in [5, 5.41) is 9.97. The van der Waals surface area contributed by atoms with E-state index < -0.39 is 10.0 Å². The van der Waals surface area contributed by atoms with Gasteiger partial charge in [-0.15, -0.1) is 0 Å². The molecule has 0 atom stereocenters. The summed E-state index contributed by atoms with van der Waals surface area (Å²) < 4.78 is 54.8. The zero-order valence-corrected chi connectivity index (χ0v) is 20.8. The monoisotopic (exact) mass is 501 g/mol. The molecule has 10 heteroatoms. The number of anilines is 1. The minimum Gasteiger partial charge on any atom is -0.504 e. The zero-order valence-electron chi connectivity index (χ0n) is 20.0. The van der Waals surface area contributed by atoms with Crippen LogP contribution in [0.25, 0.3) is 12.2 Å². The Morgan fingerprint density at radius 3 is 1.80 bits per heavy atom. The van der Waals surface area contributed by atoms with E-state index >= 15 is 0 Å². The van der Waals surface area contributed by atoms with Crippen LogP contribution < -0.4 is 28.4 Å². The Balaban J connectivity index is 1.93. The lowest BCUT2D eigenvalue weighted by Gasteiger charge is -2.14. The molecule has 35 heavy (non-hydrogen) atoms. The standard InChI is InChI=1S/C25H27NO8S/c1-30-21-10-8-16(6-7-17-13-23(32-3)25(34-5)24(14-17)33-4)12-19(21)26-35(28,29)18-9-11-22(31-2)20(27)15-18/h6-15,26-27H,1-5H3. The van der Waals surface area contributed by atoms with Crippen LogP contribution in [-0.2, 0) is 10.0 Å². The van der Waals surface area contributed by atoms with E-state index in [1.807, 2.05) is 6.08 Å². The lowest BCUT2D eigenvalue weighted by molar-refractivity contribution is 0.324. The molecule has 3 rings (SSSR count). The second-order valence-corrected chi connectivity index (χ2v) is 8.87. The number of aromatic hydroxyl groups is 1. The number of hydrogen-bond acceptors (Lipinski definition) is 8. The van der Waals surface area contributed by atoms with Gasteiger partial charge in [-0.05, 0) is 47.5 Å². The van der Waals surface area contributed by atoms with Gasteiger partial charge in [0.1, 0.15) is 5.75 Å². The van der Waals surface area contributed by atoms with E-state index in [1.165, 1.54) is 47.7 Å². The predicted molar refractivity (Wildman–Crippen MR) is 133 cm³/mol. The Morgan fingerprint density at radius 2 is 1.26 bits per heavy atom. The summed E-state index contributed by atoms with van der Waals surface area (Å²) in [4.78, 5) is -0.128. The fourth-order valence-corrected chi connectivity index (χ4v) is 4.42. The third-order valence-electron chi connectivity index (χ3n) is 5.08. The van der Waals surface area contributed by atoms with Gasteiger partial charge in [-0.25, -0.2) is 8.42 Å². The molecule has 0 aliphatic rings. The number of phenols is 1. The minimum atomic E-state index is -4.02. The number of nitrogens with one attached hydrogen (secondary N) is 1. The van der Waals surface area contributed by atoms with E-state index in [1.54, 1.807) is 36.4 Å². The van der Waals surface area contributed by atoms with E-state index in [9.17, 15) is 13.5 Å². The summed E-state index contributed by atoms with van der Waals surface area (Å²) >= 11 is 0. The Kier molecular flexibility index (Phi) is 7.98. The maximum atomic E-state index is 12.9. The van der Waals surface area contributed by atoms with Crippen LogP contribution >= 0.6 is 0 Å². The van der Waals surface area contributed by atoms with Crippen LogP contribution in [0.3, 0.4) is 0 Å². The summed E-state index contributed by atoms with van der Waals surface area (Å²) in [5.74, 6) is 1.72. The molecule has 0 bridgehead atoms. The first-order valence-electron chi connectivity index (χ1n) is 10.3. The highest BCUT2D eigenvalue weighted by Crippen LogP contribution is 2.39. The van der Waals surface area contributed by atoms with Crippen LogP contribution in [0.4, 0.5) is 5.69 Å². The maximum Gasteiger partial charge on any atom is 0.262 e. The molecular weight excluding hydrogens is 474 g/mol. The average molecular weight is 502 g/mol. The van der Waals surface area contributed by atoms with Gasteiger partial charge in [0.15, 0.2) is 23.0 Å². The first-order chi connectivity index (χ1) is 16.8. The fraction of sp³-hybridized carbons (Fsp3) is 0.200. The van der Waals surface area contributed by atoms with Crippen molar-refractivity contribution in [3.8, 4) is 34.5 Å². The number of methoxy groups -OCH3 is 5. The molecule has 0 aromatic heterocycles. The van der Waals surface area contributed by atoms with Crippen molar-refractivity contribution < 1.29 is 37.2 Å². The molecule has 0 aliphatic carbocycles. The molecule has 0 spiro atoms. The van der Waals surface area contributed by atoms with Crippen molar-refractivity contribution >= 4 is 27.9 Å². The van der Waals surface area contributed by atoms with E-state index in [4.69, 9.17) is 23.7 Å². The number of benzene rings is 3. The smallest absolute Gasteiger partial charge is 0.262 e. The van der Waals surface area contributed by atoms with Crippen molar-refractivity contribution in [2.24, 2.45) is 0 Å². The Morgan fingerprint density at radius 1 is 0.686 bits per heavy atom. The van der Waals surface area contributed by atoms with Crippen LogP contribution in [0, 0.1) is 0 Å². The number of phenolic OH excluding ortho intramolecular Hbond substituents is 1. The van der Waals surface area contributed by atoms with Gasteiger partial charge in [0.25, 0.3) is 10.0 Å². The van der Waals surface area contributed by atoms with E-state index in [0.29, 0.717) is 28.6 Å². The molecule has 3 aromatic rings. The third-order valence-corrected chi connectivity index (χ3v) is 6.45. The SMILES string of the molecule is COc1ccc(S(=O)(=O)Nc2cc(C=Cc3cc(OC)c(OC)c(OC)c3)ccc2OC)cc1O. The van der Waals surface area contributed by atoms with Crippen molar-refractivity contribution in [3.05, 3.63) is 59.7 Å². The zero-order chi connectivity index (χ0) is 25.6. The Labute approximate surface area is 204 Å². The Hall–Kier alpha value is -4.05. The number of rotatable bonds is 10. The lowest BCUT2D eigenvalue weighted by Crippen LogP contribution is -2.13. The van der Waals surface area contributed by atoms with Gasteiger partial charge in [0.05, 0.1) is 46.1 Å². The van der Waals surface area contributed by atoms with Crippen molar-refractivity contribution in [1.29, 1.82) is 0 Å². The van der Waals surface area contributed by atoms with Crippen molar-refractivity contribution in [2.75, 3.05) is 40.3 Å². The highest BCUT2D eigenvalue weighted by molar-refractivity contribution is 7.92. The molecule has 9 nitrogen and oxygen atoms in total. The molecule has 186 valence electrons. The minimum absolute atomic E-state index is 0.128. The number of sulfonamides is 1. The summed E-state index contributed by atoms with van der Waals surface area (Å²) in [7, 11) is 3.41. The quantitative estimate of drug-likeness (QED) is 0.393. The molecular formula is C25H27NO8S. The predicted octanol–water partition coefficient (Wildman–Crippen LogP) is 4.41.